The molecule has 4 rings (SSSR count). The van der Waals surface area contributed by atoms with Crippen LogP contribution in [0.4, 0.5) is 0 Å². The Balaban J connectivity index is 1.78. The molecule has 2 atom stereocenters. The lowest BCUT2D eigenvalue weighted by Crippen LogP contribution is -2.32. The maximum Gasteiger partial charge on any atom is 0.126 e. The highest BCUT2D eigenvalue weighted by molar-refractivity contribution is 7.95. The Labute approximate surface area is 230 Å². The fraction of sp³-hybridized carbons (Fsp3) is 0.314. The van der Waals surface area contributed by atoms with Gasteiger partial charge in [-0.1, -0.05) is 73.7 Å². The zero-order valence-electron chi connectivity index (χ0n) is 23.3. The van der Waals surface area contributed by atoms with E-state index in [0.717, 1.165) is 37.6 Å². The second-order valence-electron chi connectivity index (χ2n) is 10.2. The Morgan fingerprint density at radius 3 is 1.71 bits per heavy atom. The quantitative estimate of drug-likeness (QED) is 0.166. The Hall–Kier alpha value is -2.93. The molecule has 0 bridgehead atoms. The van der Waals surface area contributed by atoms with Crippen molar-refractivity contribution in [1.82, 2.24) is 0 Å². The molecule has 2 unspecified atom stereocenters. The van der Waals surface area contributed by atoms with Crippen molar-refractivity contribution in [3.63, 3.8) is 0 Å². The maximum atomic E-state index is 6.82. The van der Waals surface area contributed by atoms with E-state index >= 15 is 0 Å². The minimum absolute atomic E-state index is 0.192. The Morgan fingerprint density at radius 1 is 0.711 bits per heavy atom. The van der Waals surface area contributed by atoms with E-state index in [9.17, 15) is 0 Å². The highest BCUT2D eigenvalue weighted by atomic mass is 31.2. The summed E-state index contributed by atoms with van der Waals surface area (Å²) in [5.41, 5.74) is 2.51. The second kappa shape index (κ2) is 13.7. The smallest absolute Gasteiger partial charge is 0.126 e. The lowest BCUT2D eigenvalue weighted by molar-refractivity contribution is 0.102. The van der Waals surface area contributed by atoms with Crippen molar-refractivity contribution in [2.45, 2.75) is 64.8 Å². The molecule has 2 nitrogen and oxygen atoms in total. The van der Waals surface area contributed by atoms with Gasteiger partial charge in [0.2, 0.25) is 0 Å². The fourth-order valence-electron chi connectivity index (χ4n) is 5.20. The third kappa shape index (κ3) is 6.73. The van der Waals surface area contributed by atoms with Gasteiger partial charge in [0.25, 0.3) is 0 Å². The van der Waals surface area contributed by atoms with E-state index < -0.39 is 7.26 Å². The van der Waals surface area contributed by atoms with Crippen molar-refractivity contribution in [2.75, 3.05) is 7.11 Å². The van der Waals surface area contributed by atoms with Crippen LogP contribution in [0.25, 0.3) is 0 Å². The molecular formula is C35H42O2P+. The lowest BCUT2D eigenvalue weighted by atomic mass is 10.1. The van der Waals surface area contributed by atoms with Crippen molar-refractivity contribution < 1.29 is 9.47 Å². The maximum absolute atomic E-state index is 6.82. The SMILES string of the molecule is CCC(CCCC(C)OC)Oc1cc(C)ccc1C[P+](c1ccccc1)(c1ccccc1)c1ccccc1. The van der Waals surface area contributed by atoms with Crippen LogP contribution in [0.5, 0.6) is 5.75 Å². The van der Waals surface area contributed by atoms with Crippen LogP contribution in [-0.4, -0.2) is 19.3 Å². The van der Waals surface area contributed by atoms with Gasteiger partial charge in [0.1, 0.15) is 35.1 Å². The molecule has 0 saturated heterocycles. The van der Waals surface area contributed by atoms with Crippen molar-refractivity contribution in [3.05, 3.63) is 120 Å². The van der Waals surface area contributed by atoms with Crippen LogP contribution in [0.2, 0.25) is 0 Å². The predicted molar refractivity (Wildman–Crippen MR) is 165 cm³/mol. The summed E-state index contributed by atoms with van der Waals surface area (Å²) in [5, 5.41) is 4.18. The van der Waals surface area contributed by atoms with Crippen molar-refractivity contribution >= 4 is 23.2 Å². The Bertz CT molecular complexity index is 1140. The van der Waals surface area contributed by atoms with E-state index in [-0.39, 0.29) is 12.2 Å². The third-order valence-electron chi connectivity index (χ3n) is 7.51. The Kier molecular flexibility index (Phi) is 10.2. The lowest BCUT2D eigenvalue weighted by Gasteiger charge is -2.29. The first kappa shape index (κ1) is 28.1. The molecule has 0 aliphatic heterocycles. The van der Waals surface area contributed by atoms with Crippen LogP contribution < -0.4 is 20.7 Å². The first-order valence-electron chi connectivity index (χ1n) is 13.9. The van der Waals surface area contributed by atoms with E-state index in [1.807, 2.05) is 0 Å². The van der Waals surface area contributed by atoms with Crippen LogP contribution in [0.1, 0.15) is 50.7 Å². The molecular weight excluding hydrogens is 483 g/mol. The summed E-state index contributed by atoms with van der Waals surface area (Å²) in [5.74, 6) is 1.03. The summed E-state index contributed by atoms with van der Waals surface area (Å²) in [6, 6.07) is 40.1. The average molecular weight is 526 g/mol. The number of hydrogen-bond acceptors (Lipinski definition) is 2. The summed E-state index contributed by atoms with van der Waals surface area (Å²) >= 11 is 0. The van der Waals surface area contributed by atoms with Gasteiger partial charge >= 0.3 is 0 Å². The summed E-state index contributed by atoms with van der Waals surface area (Å²) in [7, 11) is -0.213. The predicted octanol–water partition coefficient (Wildman–Crippen LogP) is 7.85. The molecule has 0 aliphatic carbocycles. The Morgan fingerprint density at radius 2 is 1.24 bits per heavy atom. The van der Waals surface area contributed by atoms with Crippen LogP contribution in [0.3, 0.4) is 0 Å². The molecule has 4 aromatic carbocycles. The van der Waals surface area contributed by atoms with E-state index in [4.69, 9.17) is 9.47 Å². The first-order valence-corrected chi connectivity index (χ1v) is 15.9. The number of aryl methyl sites for hydroxylation is 1. The van der Waals surface area contributed by atoms with Crippen LogP contribution in [-0.2, 0) is 10.9 Å². The molecule has 0 fully saturated rings. The average Bonchev–Trinajstić information content (AvgIpc) is 2.97. The summed E-state index contributed by atoms with van der Waals surface area (Å²) < 4.78 is 12.3. The highest BCUT2D eigenvalue weighted by Gasteiger charge is 2.46. The molecule has 38 heavy (non-hydrogen) atoms. The normalized spacial score (nSPS) is 13.2. The van der Waals surface area contributed by atoms with Gasteiger partial charge in [0.15, 0.2) is 0 Å². The number of methoxy groups -OCH3 is 1. The largest absolute Gasteiger partial charge is 0.490 e. The van der Waals surface area contributed by atoms with Gasteiger partial charge < -0.3 is 9.47 Å². The van der Waals surface area contributed by atoms with Gasteiger partial charge in [-0.2, -0.15) is 0 Å². The first-order chi connectivity index (χ1) is 18.6. The molecule has 3 heteroatoms. The summed E-state index contributed by atoms with van der Waals surface area (Å²) in [6.45, 7) is 6.53. The van der Waals surface area contributed by atoms with Crippen LogP contribution >= 0.6 is 7.26 Å². The molecule has 0 aliphatic rings. The number of benzene rings is 4. The van der Waals surface area contributed by atoms with E-state index in [2.05, 4.69) is 130 Å². The fourth-order valence-corrected chi connectivity index (χ4v) is 9.46. The molecule has 0 spiro atoms. The molecule has 0 aromatic heterocycles. The van der Waals surface area contributed by atoms with E-state index in [1.54, 1.807) is 7.11 Å². The number of ether oxygens (including phenoxy) is 2. The van der Waals surface area contributed by atoms with Gasteiger partial charge in [0, 0.05) is 12.7 Å². The van der Waals surface area contributed by atoms with Gasteiger partial charge in [-0.15, -0.1) is 0 Å². The second-order valence-corrected chi connectivity index (χ2v) is 13.7. The zero-order valence-corrected chi connectivity index (χ0v) is 24.2. The molecule has 0 amide bonds. The third-order valence-corrected chi connectivity index (χ3v) is 11.9. The highest BCUT2D eigenvalue weighted by Crippen LogP contribution is 2.59. The van der Waals surface area contributed by atoms with Crippen molar-refractivity contribution in [2.24, 2.45) is 0 Å². The van der Waals surface area contributed by atoms with Crippen molar-refractivity contribution in [1.29, 1.82) is 0 Å². The minimum atomic E-state index is -2.00. The molecule has 0 radical (unpaired) electrons. The molecule has 198 valence electrons. The van der Waals surface area contributed by atoms with Crippen molar-refractivity contribution in [3.8, 4) is 5.75 Å². The van der Waals surface area contributed by atoms with Gasteiger partial charge in [-0.25, -0.2) is 0 Å². The number of hydrogen-bond donors (Lipinski definition) is 0. The molecule has 0 N–H and O–H groups in total. The van der Waals surface area contributed by atoms with Gasteiger partial charge in [-0.3, -0.25) is 0 Å². The van der Waals surface area contributed by atoms with Gasteiger partial charge in [-0.05, 0) is 87.6 Å². The van der Waals surface area contributed by atoms with E-state index in [1.165, 1.54) is 27.0 Å². The zero-order chi connectivity index (χ0) is 26.8. The topological polar surface area (TPSA) is 18.5 Å². The minimum Gasteiger partial charge on any atom is -0.490 e. The monoisotopic (exact) mass is 525 g/mol. The molecule has 0 saturated carbocycles. The standard InChI is InChI=1S/C35H42O2P/c1-5-31(17-15-16-29(3)36-4)37-35-26-28(2)24-25-30(35)27-38(32-18-9-6-10-19-32,33-20-11-7-12-21-33)34-22-13-8-14-23-34/h6-14,18-26,29,31H,5,15-17,27H2,1-4H3/q+1. The summed E-state index contributed by atoms with van der Waals surface area (Å²) in [4.78, 5) is 0. The van der Waals surface area contributed by atoms with Gasteiger partial charge in [0.05, 0.1) is 12.2 Å². The van der Waals surface area contributed by atoms with Crippen LogP contribution in [0, 0.1) is 6.92 Å². The number of rotatable bonds is 13. The molecule has 4 aromatic rings. The van der Waals surface area contributed by atoms with E-state index in [0.29, 0.717) is 0 Å². The summed E-state index contributed by atoms with van der Waals surface area (Å²) in [6.07, 6.45) is 5.58. The van der Waals surface area contributed by atoms with Crippen LogP contribution in [0.15, 0.2) is 109 Å². The molecule has 0 heterocycles.